The first-order chi connectivity index (χ1) is 14.0. The zero-order chi connectivity index (χ0) is 20.8. The van der Waals surface area contributed by atoms with Crippen molar-refractivity contribution in [3.8, 4) is 22.7 Å². The molecule has 1 heterocycles. The molecule has 6 nitrogen and oxygen atoms in total. The molecule has 0 fully saturated rings. The highest BCUT2D eigenvalue weighted by Gasteiger charge is 2.16. The second-order valence-corrected chi connectivity index (χ2v) is 7.41. The summed E-state index contributed by atoms with van der Waals surface area (Å²) < 4.78 is 7.16. The Hall–Kier alpha value is -3.12. The third kappa shape index (κ3) is 5.45. The van der Waals surface area contributed by atoms with Crippen LogP contribution >= 0.6 is 0 Å². The van der Waals surface area contributed by atoms with Crippen LogP contribution < -0.4 is 10.1 Å². The van der Waals surface area contributed by atoms with Crippen LogP contribution in [-0.2, 0) is 11.3 Å². The van der Waals surface area contributed by atoms with Gasteiger partial charge in [-0.3, -0.25) is 9.69 Å². The molecule has 0 spiro atoms. The molecular weight excluding hydrogens is 364 g/mol. The van der Waals surface area contributed by atoms with Crippen LogP contribution in [0.2, 0.25) is 0 Å². The Morgan fingerprint density at radius 2 is 1.83 bits per heavy atom. The lowest BCUT2D eigenvalue weighted by Crippen LogP contribution is -2.38. The van der Waals surface area contributed by atoms with E-state index >= 15 is 0 Å². The Morgan fingerprint density at radius 3 is 2.45 bits per heavy atom. The summed E-state index contributed by atoms with van der Waals surface area (Å²) in [5.41, 5.74) is 3.95. The Kier molecular flexibility index (Phi) is 6.67. The first-order valence-electron chi connectivity index (χ1n) is 9.72. The van der Waals surface area contributed by atoms with Crippen LogP contribution in [-0.4, -0.2) is 47.3 Å². The van der Waals surface area contributed by atoms with Crippen molar-refractivity contribution >= 4 is 5.91 Å². The van der Waals surface area contributed by atoms with Gasteiger partial charge >= 0.3 is 0 Å². The monoisotopic (exact) mass is 392 g/mol. The maximum Gasteiger partial charge on any atom is 0.234 e. The molecule has 3 rings (SSSR count). The summed E-state index contributed by atoms with van der Waals surface area (Å²) in [4.78, 5) is 14.1. The number of hydrogen-bond donors (Lipinski definition) is 1. The number of para-hydroxylation sites is 1. The molecule has 152 valence electrons. The smallest absolute Gasteiger partial charge is 0.234 e. The van der Waals surface area contributed by atoms with E-state index in [9.17, 15) is 4.79 Å². The predicted octanol–water partition coefficient (Wildman–Crippen LogP) is 3.50. The summed E-state index contributed by atoms with van der Waals surface area (Å²) in [6.07, 6.45) is 2.03. The van der Waals surface area contributed by atoms with Crippen LogP contribution in [0.5, 0.6) is 5.75 Å². The number of methoxy groups -OCH3 is 1. The molecule has 6 heteroatoms. The molecule has 1 aromatic heterocycles. The Labute approximate surface area is 172 Å². The molecule has 2 aromatic carbocycles. The lowest BCUT2D eigenvalue weighted by atomic mass is 10.1. The van der Waals surface area contributed by atoms with Crippen LogP contribution in [0.15, 0.2) is 60.8 Å². The Bertz CT molecular complexity index is 933. The van der Waals surface area contributed by atoms with E-state index in [0.29, 0.717) is 13.1 Å². The zero-order valence-electron chi connectivity index (χ0n) is 17.4. The van der Waals surface area contributed by atoms with E-state index in [1.807, 2.05) is 91.3 Å². The average molecular weight is 393 g/mol. The van der Waals surface area contributed by atoms with Gasteiger partial charge in [0.1, 0.15) is 5.75 Å². The second-order valence-electron chi connectivity index (χ2n) is 7.41. The zero-order valence-corrected chi connectivity index (χ0v) is 17.4. The number of carbonyl (C=O) groups is 1. The largest absolute Gasteiger partial charge is 0.497 e. The van der Waals surface area contributed by atoms with Gasteiger partial charge in [-0.1, -0.05) is 18.2 Å². The number of aromatic nitrogens is 2. The molecule has 1 N–H and O–H groups in total. The summed E-state index contributed by atoms with van der Waals surface area (Å²) >= 11 is 0. The molecule has 0 bridgehead atoms. The SMILES string of the molecule is COc1ccc(-c2nn(-c3ccccc3)cc2CN(C)CC(=O)NC(C)C)cc1. The summed E-state index contributed by atoms with van der Waals surface area (Å²) in [6, 6.07) is 18.0. The van der Waals surface area contributed by atoms with Crippen molar-refractivity contribution < 1.29 is 9.53 Å². The van der Waals surface area contributed by atoms with E-state index < -0.39 is 0 Å². The maximum atomic E-state index is 12.1. The highest BCUT2D eigenvalue weighted by atomic mass is 16.5. The molecule has 0 saturated carbocycles. The molecule has 0 radical (unpaired) electrons. The lowest BCUT2D eigenvalue weighted by Gasteiger charge is -2.17. The lowest BCUT2D eigenvalue weighted by molar-refractivity contribution is -0.122. The van der Waals surface area contributed by atoms with Crippen LogP contribution in [0.1, 0.15) is 19.4 Å². The Morgan fingerprint density at radius 1 is 1.14 bits per heavy atom. The predicted molar refractivity (Wildman–Crippen MR) is 115 cm³/mol. The van der Waals surface area contributed by atoms with Gasteiger partial charge in [-0.2, -0.15) is 5.10 Å². The summed E-state index contributed by atoms with van der Waals surface area (Å²) in [7, 11) is 3.60. The van der Waals surface area contributed by atoms with Gasteiger partial charge in [-0.15, -0.1) is 0 Å². The quantitative estimate of drug-likeness (QED) is 0.637. The van der Waals surface area contributed by atoms with Gasteiger partial charge in [-0.25, -0.2) is 4.68 Å². The number of likely N-dealkylation sites (N-methyl/N-ethyl adjacent to an activating group) is 1. The normalized spacial score (nSPS) is 11.1. The minimum Gasteiger partial charge on any atom is -0.497 e. The highest BCUT2D eigenvalue weighted by molar-refractivity contribution is 5.78. The number of nitrogens with one attached hydrogen (secondary N) is 1. The number of nitrogens with zero attached hydrogens (tertiary/aromatic N) is 3. The molecule has 1 amide bonds. The van der Waals surface area contributed by atoms with Crippen LogP contribution in [0.3, 0.4) is 0 Å². The molecule has 0 atom stereocenters. The maximum absolute atomic E-state index is 12.1. The minimum atomic E-state index is 0.0175. The van der Waals surface area contributed by atoms with Crippen molar-refractivity contribution in [2.45, 2.75) is 26.4 Å². The van der Waals surface area contributed by atoms with Crippen LogP contribution in [0, 0.1) is 0 Å². The number of hydrogen-bond acceptors (Lipinski definition) is 4. The summed E-state index contributed by atoms with van der Waals surface area (Å²) in [5, 5.41) is 7.77. The summed E-state index contributed by atoms with van der Waals surface area (Å²) in [6.45, 7) is 4.86. The first-order valence-corrected chi connectivity index (χ1v) is 9.72. The molecule has 0 saturated heterocycles. The van der Waals surface area contributed by atoms with E-state index in [0.717, 1.165) is 28.3 Å². The second kappa shape index (κ2) is 9.39. The number of amides is 1. The van der Waals surface area contributed by atoms with Gasteiger partial charge in [-0.05, 0) is 57.3 Å². The Balaban J connectivity index is 1.89. The van der Waals surface area contributed by atoms with Crippen LogP contribution in [0.4, 0.5) is 0 Å². The van der Waals surface area contributed by atoms with Gasteiger partial charge in [0.15, 0.2) is 0 Å². The molecule has 0 aliphatic carbocycles. The third-order valence-electron chi connectivity index (χ3n) is 4.48. The molecule has 0 aliphatic heterocycles. The van der Waals surface area contributed by atoms with E-state index in [4.69, 9.17) is 9.84 Å². The molecule has 29 heavy (non-hydrogen) atoms. The van der Waals surface area contributed by atoms with Crippen molar-refractivity contribution in [2.24, 2.45) is 0 Å². The van der Waals surface area contributed by atoms with Crippen LogP contribution in [0.25, 0.3) is 16.9 Å². The van der Waals surface area contributed by atoms with Gasteiger partial charge in [0.05, 0.1) is 25.0 Å². The van der Waals surface area contributed by atoms with Crippen molar-refractivity contribution in [3.63, 3.8) is 0 Å². The van der Waals surface area contributed by atoms with Crippen molar-refractivity contribution in [2.75, 3.05) is 20.7 Å². The average Bonchev–Trinajstić information content (AvgIpc) is 3.11. The number of ether oxygens (including phenoxy) is 1. The van der Waals surface area contributed by atoms with E-state index in [-0.39, 0.29) is 11.9 Å². The van der Waals surface area contributed by atoms with E-state index in [1.165, 1.54) is 0 Å². The van der Waals surface area contributed by atoms with Crippen molar-refractivity contribution in [1.82, 2.24) is 20.0 Å². The fourth-order valence-electron chi connectivity index (χ4n) is 3.19. The first kappa shape index (κ1) is 20.6. The summed E-state index contributed by atoms with van der Waals surface area (Å²) in [5.74, 6) is 0.823. The van der Waals surface area contributed by atoms with Gasteiger partial charge in [0, 0.05) is 29.9 Å². The number of benzene rings is 2. The van der Waals surface area contributed by atoms with E-state index in [2.05, 4.69) is 5.32 Å². The van der Waals surface area contributed by atoms with Gasteiger partial charge in [0.25, 0.3) is 0 Å². The molecule has 0 unspecified atom stereocenters. The third-order valence-corrected chi connectivity index (χ3v) is 4.48. The van der Waals surface area contributed by atoms with Crippen molar-refractivity contribution in [1.29, 1.82) is 0 Å². The van der Waals surface area contributed by atoms with Gasteiger partial charge < -0.3 is 10.1 Å². The van der Waals surface area contributed by atoms with E-state index in [1.54, 1.807) is 7.11 Å². The van der Waals surface area contributed by atoms with Gasteiger partial charge in [0.2, 0.25) is 5.91 Å². The minimum absolute atomic E-state index is 0.0175. The number of rotatable bonds is 8. The van der Waals surface area contributed by atoms with Crippen molar-refractivity contribution in [3.05, 3.63) is 66.4 Å². The topological polar surface area (TPSA) is 59.4 Å². The molecule has 0 aliphatic rings. The standard InChI is InChI=1S/C23H28N4O2/c1-17(2)24-22(28)16-26(3)14-19-15-27(20-8-6-5-7-9-20)25-23(19)18-10-12-21(29-4)13-11-18/h5-13,15,17H,14,16H2,1-4H3,(H,24,28). The highest BCUT2D eigenvalue weighted by Crippen LogP contribution is 2.26. The molecule has 3 aromatic rings. The number of carbonyl (C=O) groups excluding carboxylic acids is 1. The fourth-order valence-corrected chi connectivity index (χ4v) is 3.19. The fraction of sp³-hybridized carbons (Fsp3) is 0.304. The molecular formula is C23H28N4O2.